The molecule has 140 valence electrons. The van der Waals surface area contributed by atoms with Gasteiger partial charge in [0, 0.05) is 20.8 Å². The fraction of sp³-hybridized carbons (Fsp3) is 0.733. The molecule has 0 aromatic carbocycles. The van der Waals surface area contributed by atoms with Crippen LogP contribution >= 0.6 is 0 Å². The van der Waals surface area contributed by atoms with Crippen LogP contribution in [-0.2, 0) is 47.6 Å². The van der Waals surface area contributed by atoms with E-state index in [1.54, 1.807) is 0 Å². The van der Waals surface area contributed by atoms with Crippen LogP contribution in [0.2, 0.25) is 0 Å². The molecule has 2 fully saturated rings. The lowest BCUT2D eigenvalue weighted by Crippen LogP contribution is -2.66. The molecule has 2 aliphatic rings. The highest BCUT2D eigenvalue weighted by molar-refractivity contribution is 5.75. The molecule has 25 heavy (non-hydrogen) atoms. The van der Waals surface area contributed by atoms with Gasteiger partial charge in [-0.2, -0.15) is 0 Å². The van der Waals surface area contributed by atoms with Crippen LogP contribution in [0.15, 0.2) is 0 Å². The van der Waals surface area contributed by atoms with Gasteiger partial charge in [-0.3, -0.25) is 14.4 Å². The lowest BCUT2D eigenvalue weighted by atomic mass is 9.97. The highest BCUT2D eigenvalue weighted by atomic mass is 16.8. The molecular formula is C15H20O10. The second kappa shape index (κ2) is 7.79. The van der Waals surface area contributed by atoms with Crippen LogP contribution in [0.25, 0.3) is 0 Å². The molecule has 10 heteroatoms. The summed E-state index contributed by atoms with van der Waals surface area (Å²) in [7, 11) is 0. The van der Waals surface area contributed by atoms with Gasteiger partial charge in [0.2, 0.25) is 12.4 Å². The summed E-state index contributed by atoms with van der Waals surface area (Å²) in [6.45, 7) is 4.79. The van der Waals surface area contributed by atoms with E-state index in [4.69, 9.17) is 28.4 Å². The predicted molar refractivity (Wildman–Crippen MR) is 76.8 cm³/mol. The minimum absolute atomic E-state index is 0.217. The average Bonchev–Trinajstić information content (AvgIpc) is 2.49. The van der Waals surface area contributed by atoms with E-state index in [0.717, 1.165) is 13.8 Å². The van der Waals surface area contributed by atoms with E-state index >= 15 is 0 Å². The molecule has 0 unspecified atom stereocenters. The molecule has 2 heterocycles. The standard InChI is InChI=1S/C15H20O10/c1-6-14(19)25-12-11(21-6)10(5-20-7(2)16)24-15(23-9(4)18)13(12)22-8(3)17/h6,10-13,15H,5H2,1-4H3/t6-,10+,11+,12-,13-,15-/m0/s1. The molecule has 0 radical (unpaired) electrons. The minimum atomic E-state index is -1.34. The Morgan fingerprint density at radius 3 is 2.16 bits per heavy atom. The molecule has 10 nitrogen and oxygen atoms in total. The molecule has 2 saturated heterocycles. The summed E-state index contributed by atoms with van der Waals surface area (Å²) in [5.41, 5.74) is 0. The van der Waals surface area contributed by atoms with Crippen molar-refractivity contribution in [3.63, 3.8) is 0 Å². The zero-order chi connectivity index (χ0) is 18.7. The predicted octanol–water partition coefficient (Wildman–Crippen LogP) is -0.532. The third-order valence-corrected chi connectivity index (χ3v) is 3.57. The number of carbonyl (C=O) groups is 4. The Morgan fingerprint density at radius 1 is 0.960 bits per heavy atom. The van der Waals surface area contributed by atoms with Crippen molar-refractivity contribution < 1.29 is 47.6 Å². The largest absolute Gasteiger partial charge is 0.463 e. The number of hydrogen-bond acceptors (Lipinski definition) is 10. The fourth-order valence-electron chi connectivity index (χ4n) is 2.61. The van der Waals surface area contributed by atoms with Crippen molar-refractivity contribution in [1.82, 2.24) is 0 Å². The summed E-state index contributed by atoms with van der Waals surface area (Å²) in [5, 5.41) is 0. The molecule has 0 saturated carbocycles. The van der Waals surface area contributed by atoms with Gasteiger partial charge in [-0.15, -0.1) is 0 Å². The first-order valence-electron chi connectivity index (χ1n) is 7.68. The summed E-state index contributed by atoms with van der Waals surface area (Å²) >= 11 is 0. The van der Waals surface area contributed by atoms with Crippen LogP contribution in [0.3, 0.4) is 0 Å². The molecule has 0 aliphatic carbocycles. The van der Waals surface area contributed by atoms with Crippen LogP contribution in [0, 0.1) is 0 Å². The van der Waals surface area contributed by atoms with Crippen molar-refractivity contribution in [2.24, 2.45) is 0 Å². The van der Waals surface area contributed by atoms with Crippen molar-refractivity contribution in [2.45, 2.75) is 64.5 Å². The second-order valence-corrected chi connectivity index (χ2v) is 5.67. The van der Waals surface area contributed by atoms with Crippen molar-refractivity contribution in [2.75, 3.05) is 6.61 Å². The first-order chi connectivity index (χ1) is 11.7. The summed E-state index contributed by atoms with van der Waals surface area (Å²) in [6, 6.07) is 0. The van der Waals surface area contributed by atoms with Crippen molar-refractivity contribution in [1.29, 1.82) is 0 Å². The summed E-state index contributed by atoms with van der Waals surface area (Å²) in [5.74, 6) is -2.58. The van der Waals surface area contributed by atoms with E-state index < -0.39 is 60.7 Å². The topological polar surface area (TPSA) is 124 Å². The van der Waals surface area contributed by atoms with Crippen molar-refractivity contribution in [3.05, 3.63) is 0 Å². The number of rotatable bonds is 4. The lowest BCUT2D eigenvalue weighted by molar-refractivity contribution is -0.321. The van der Waals surface area contributed by atoms with E-state index in [2.05, 4.69) is 0 Å². The Hall–Kier alpha value is -2.20. The SMILES string of the molecule is CC(=O)OC[C@H]1O[C@H](OC(C)=O)[C@@H](OC(C)=O)[C@H]2OC(=O)[C@H](C)O[C@@H]21. The van der Waals surface area contributed by atoms with Gasteiger partial charge in [-0.1, -0.05) is 0 Å². The quantitative estimate of drug-likeness (QED) is 0.477. The number of esters is 4. The van der Waals surface area contributed by atoms with Crippen LogP contribution < -0.4 is 0 Å². The monoisotopic (exact) mass is 360 g/mol. The molecule has 0 N–H and O–H groups in total. The third kappa shape index (κ3) is 4.67. The van der Waals surface area contributed by atoms with Crippen LogP contribution in [0.4, 0.5) is 0 Å². The summed E-state index contributed by atoms with van der Waals surface area (Å²) in [6.07, 6.45) is -6.27. The van der Waals surface area contributed by atoms with Gasteiger partial charge in [0.05, 0.1) is 0 Å². The molecule has 2 rings (SSSR count). The van der Waals surface area contributed by atoms with Gasteiger partial charge < -0.3 is 28.4 Å². The number of fused-ring (bicyclic) bond motifs is 1. The maximum atomic E-state index is 11.9. The minimum Gasteiger partial charge on any atom is -0.463 e. The summed E-state index contributed by atoms with van der Waals surface area (Å²) < 4.78 is 31.6. The number of carbonyl (C=O) groups excluding carboxylic acids is 4. The second-order valence-electron chi connectivity index (χ2n) is 5.67. The third-order valence-electron chi connectivity index (χ3n) is 3.57. The van der Waals surface area contributed by atoms with Crippen LogP contribution in [0.1, 0.15) is 27.7 Å². The fourth-order valence-corrected chi connectivity index (χ4v) is 2.61. The molecule has 2 aliphatic heterocycles. The first kappa shape index (κ1) is 19.1. The maximum absolute atomic E-state index is 11.9. The first-order valence-corrected chi connectivity index (χ1v) is 7.68. The van der Waals surface area contributed by atoms with Crippen LogP contribution in [-0.4, -0.2) is 67.3 Å². The number of hydrogen-bond donors (Lipinski definition) is 0. The Morgan fingerprint density at radius 2 is 1.60 bits per heavy atom. The van der Waals surface area contributed by atoms with E-state index in [1.807, 2.05) is 0 Å². The van der Waals surface area contributed by atoms with Gasteiger partial charge in [-0.25, -0.2) is 4.79 Å². The number of ether oxygens (including phenoxy) is 6. The molecule has 0 aromatic rings. The zero-order valence-corrected chi connectivity index (χ0v) is 14.3. The Labute approximate surface area is 143 Å². The Kier molecular flexibility index (Phi) is 5.96. The normalized spacial score (nSPS) is 34.3. The van der Waals surface area contributed by atoms with Crippen LogP contribution in [0.5, 0.6) is 0 Å². The average molecular weight is 360 g/mol. The maximum Gasteiger partial charge on any atom is 0.335 e. The Bertz CT molecular complexity index is 559. The van der Waals surface area contributed by atoms with E-state index in [-0.39, 0.29) is 6.61 Å². The van der Waals surface area contributed by atoms with Gasteiger partial charge in [0.1, 0.15) is 18.8 Å². The smallest absolute Gasteiger partial charge is 0.335 e. The van der Waals surface area contributed by atoms with Crippen molar-refractivity contribution in [3.8, 4) is 0 Å². The zero-order valence-electron chi connectivity index (χ0n) is 14.3. The van der Waals surface area contributed by atoms with Crippen molar-refractivity contribution >= 4 is 23.9 Å². The molecule has 0 amide bonds. The van der Waals surface area contributed by atoms with Gasteiger partial charge >= 0.3 is 23.9 Å². The van der Waals surface area contributed by atoms with Gasteiger partial charge in [-0.05, 0) is 6.92 Å². The molecular weight excluding hydrogens is 340 g/mol. The van der Waals surface area contributed by atoms with Gasteiger partial charge in [0.15, 0.2) is 12.2 Å². The Balaban J connectivity index is 2.29. The highest BCUT2D eigenvalue weighted by Gasteiger charge is 2.55. The highest BCUT2D eigenvalue weighted by Crippen LogP contribution is 2.33. The molecule has 6 atom stereocenters. The molecule has 0 bridgehead atoms. The molecule has 0 spiro atoms. The van der Waals surface area contributed by atoms with E-state index in [0.29, 0.717) is 0 Å². The van der Waals surface area contributed by atoms with E-state index in [1.165, 1.54) is 13.8 Å². The van der Waals surface area contributed by atoms with Gasteiger partial charge in [0.25, 0.3) is 0 Å². The lowest BCUT2D eigenvalue weighted by Gasteiger charge is -2.47. The van der Waals surface area contributed by atoms with E-state index in [9.17, 15) is 19.2 Å². The molecule has 0 aromatic heterocycles. The summed E-state index contributed by atoms with van der Waals surface area (Å²) in [4.78, 5) is 45.7.